The number of carboxylic acid groups (broad SMARTS) is 1. The number of halogens is 1. The van der Waals surface area contributed by atoms with E-state index in [-0.39, 0.29) is 40.3 Å². The molecule has 0 bridgehead atoms. The molecule has 1 aromatic carbocycles. The molecule has 0 saturated heterocycles. The zero-order valence-corrected chi connectivity index (χ0v) is 14.4. The van der Waals surface area contributed by atoms with Gasteiger partial charge in [0, 0.05) is 23.9 Å². The van der Waals surface area contributed by atoms with Crippen LogP contribution >= 0.6 is 11.6 Å². The number of rotatable bonds is 5. The molecule has 1 heterocycles. The third kappa shape index (κ3) is 3.62. The van der Waals surface area contributed by atoms with Crippen molar-refractivity contribution in [2.24, 2.45) is 5.92 Å². The van der Waals surface area contributed by atoms with Crippen LogP contribution in [0.3, 0.4) is 0 Å². The molecule has 25 heavy (non-hydrogen) atoms. The summed E-state index contributed by atoms with van der Waals surface area (Å²) < 4.78 is 1.43. The van der Waals surface area contributed by atoms with Gasteiger partial charge in [0.2, 0.25) is 0 Å². The molecular formula is C17H18ClNO6. The number of aromatic hydroxyl groups is 2. The number of pyridine rings is 1. The van der Waals surface area contributed by atoms with Gasteiger partial charge in [0.25, 0.3) is 0 Å². The first kappa shape index (κ1) is 18.8. The van der Waals surface area contributed by atoms with Gasteiger partial charge < -0.3 is 25.0 Å². The Kier molecular flexibility index (Phi) is 5.39. The van der Waals surface area contributed by atoms with E-state index in [0.717, 1.165) is 18.3 Å². The lowest BCUT2D eigenvalue weighted by atomic mass is 10.0. The predicted molar refractivity (Wildman–Crippen MR) is 92.4 cm³/mol. The van der Waals surface area contributed by atoms with Crippen molar-refractivity contribution in [1.29, 1.82) is 0 Å². The molecule has 0 aliphatic heterocycles. The summed E-state index contributed by atoms with van der Waals surface area (Å²) in [5.41, 5.74) is -0.881. The quantitative estimate of drug-likeness (QED) is 0.644. The summed E-state index contributed by atoms with van der Waals surface area (Å²) in [6, 6.07) is 2.82. The molecule has 4 N–H and O–H groups in total. The van der Waals surface area contributed by atoms with Crippen LogP contribution in [-0.2, 0) is 0 Å². The third-order valence-electron chi connectivity index (χ3n) is 3.97. The molecule has 0 fully saturated rings. The second-order valence-electron chi connectivity index (χ2n) is 5.96. The Bertz CT molecular complexity index is 874. The Morgan fingerprint density at radius 3 is 2.36 bits per heavy atom. The second-order valence-corrected chi connectivity index (χ2v) is 6.37. The molecule has 0 spiro atoms. The molecule has 7 nitrogen and oxygen atoms in total. The molecule has 0 radical (unpaired) electrons. The Balaban J connectivity index is 2.85. The van der Waals surface area contributed by atoms with Crippen LogP contribution in [0.5, 0.6) is 11.5 Å². The molecule has 1 aromatic heterocycles. The number of benzene rings is 1. The molecular weight excluding hydrogens is 350 g/mol. The second kappa shape index (κ2) is 7.16. The molecule has 1 atom stereocenters. The first-order chi connectivity index (χ1) is 11.7. The van der Waals surface area contributed by atoms with Gasteiger partial charge in [-0.25, -0.2) is 4.79 Å². The van der Waals surface area contributed by atoms with E-state index in [9.17, 15) is 30.0 Å². The molecule has 0 saturated carbocycles. The van der Waals surface area contributed by atoms with Gasteiger partial charge >= 0.3 is 5.97 Å². The average Bonchev–Trinajstić information content (AvgIpc) is 2.52. The van der Waals surface area contributed by atoms with E-state index in [4.69, 9.17) is 11.6 Å². The number of hydrogen-bond acceptors (Lipinski definition) is 5. The number of phenols is 2. The highest BCUT2D eigenvalue weighted by molar-refractivity contribution is 6.32. The van der Waals surface area contributed by atoms with Gasteiger partial charge in [-0.1, -0.05) is 25.4 Å². The van der Waals surface area contributed by atoms with E-state index in [1.807, 2.05) is 13.8 Å². The number of nitrogens with zero attached hydrogens (tertiary/aromatic N) is 1. The normalized spacial score (nSPS) is 12.4. The Morgan fingerprint density at radius 2 is 1.84 bits per heavy atom. The fraction of sp³-hybridized carbons (Fsp3) is 0.294. The van der Waals surface area contributed by atoms with Crippen molar-refractivity contribution in [1.82, 2.24) is 4.57 Å². The van der Waals surface area contributed by atoms with Crippen molar-refractivity contribution < 1.29 is 25.2 Å². The topological polar surface area (TPSA) is 120 Å². The molecule has 0 aliphatic carbocycles. The standard InChI is InChI=1S/C17H18ClNO6/c1-8(2)13(7-20)19-6-10(17(24)25)14(21)4-12(19)9-3-11(18)16(23)5-15(9)22/h3-6,8,13,20,22-23H,7H2,1-2H3,(H,24,25). The van der Waals surface area contributed by atoms with E-state index in [0.29, 0.717) is 0 Å². The highest BCUT2D eigenvalue weighted by atomic mass is 35.5. The predicted octanol–water partition coefficient (Wildman–Crippen LogP) is 2.47. The van der Waals surface area contributed by atoms with Crippen LogP contribution in [0.15, 0.2) is 29.2 Å². The first-order valence-corrected chi connectivity index (χ1v) is 7.87. The van der Waals surface area contributed by atoms with E-state index in [1.54, 1.807) is 0 Å². The first-order valence-electron chi connectivity index (χ1n) is 7.49. The van der Waals surface area contributed by atoms with Crippen LogP contribution in [0, 0.1) is 5.92 Å². The minimum absolute atomic E-state index is 0.0424. The van der Waals surface area contributed by atoms with E-state index in [2.05, 4.69) is 0 Å². The largest absolute Gasteiger partial charge is 0.507 e. The highest BCUT2D eigenvalue weighted by Crippen LogP contribution is 2.38. The van der Waals surface area contributed by atoms with Crippen molar-refractivity contribution in [2.75, 3.05) is 6.61 Å². The smallest absolute Gasteiger partial charge is 0.341 e. The van der Waals surface area contributed by atoms with Crippen molar-refractivity contribution in [3.05, 3.63) is 45.2 Å². The summed E-state index contributed by atoms with van der Waals surface area (Å²) in [6.45, 7) is 3.35. The zero-order valence-electron chi connectivity index (χ0n) is 13.6. The van der Waals surface area contributed by atoms with Crippen molar-refractivity contribution in [3.8, 4) is 22.8 Å². The van der Waals surface area contributed by atoms with Crippen LogP contribution in [0.4, 0.5) is 0 Å². The van der Waals surface area contributed by atoms with E-state index < -0.39 is 23.0 Å². The molecule has 8 heteroatoms. The minimum Gasteiger partial charge on any atom is -0.507 e. The van der Waals surface area contributed by atoms with Gasteiger partial charge in [0.1, 0.15) is 17.1 Å². The van der Waals surface area contributed by atoms with Gasteiger partial charge in [-0.15, -0.1) is 0 Å². The summed E-state index contributed by atoms with van der Waals surface area (Å²) >= 11 is 5.89. The SMILES string of the molecule is CC(C)C(CO)n1cc(C(=O)O)c(=O)cc1-c1cc(Cl)c(O)cc1O. The molecule has 2 aromatic rings. The lowest BCUT2D eigenvalue weighted by Crippen LogP contribution is -2.25. The molecule has 0 amide bonds. The highest BCUT2D eigenvalue weighted by Gasteiger charge is 2.23. The Labute approximate surface area is 148 Å². The molecule has 134 valence electrons. The average molecular weight is 368 g/mol. The third-order valence-corrected chi connectivity index (χ3v) is 4.27. The maximum atomic E-state index is 12.1. The monoisotopic (exact) mass is 367 g/mol. The van der Waals surface area contributed by atoms with E-state index >= 15 is 0 Å². The fourth-order valence-electron chi connectivity index (χ4n) is 2.58. The maximum absolute atomic E-state index is 12.1. The maximum Gasteiger partial charge on any atom is 0.341 e. The number of carbonyl (C=O) groups is 1. The number of aliphatic hydroxyl groups excluding tert-OH is 1. The van der Waals surface area contributed by atoms with Gasteiger partial charge in [-0.3, -0.25) is 4.79 Å². The van der Waals surface area contributed by atoms with Crippen LogP contribution < -0.4 is 5.43 Å². The van der Waals surface area contributed by atoms with Crippen LogP contribution in [0.1, 0.15) is 30.2 Å². The Morgan fingerprint density at radius 1 is 1.20 bits per heavy atom. The number of aromatic carboxylic acids is 1. The minimum atomic E-state index is -1.39. The summed E-state index contributed by atoms with van der Waals surface area (Å²) in [6.07, 6.45) is 1.14. The van der Waals surface area contributed by atoms with Crippen LogP contribution in [-0.4, -0.2) is 37.6 Å². The number of aliphatic hydroxyl groups is 1. The van der Waals surface area contributed by atoms with Crippen LogP contribution in [0.2, 0.25) is 5.02 Å². The zero-order chi connectivity index (χ0) is 18.9. The molecule has 0 aliphatic rings. The van der Waals surface area contributed by atoms with Gasteiger partial charge in [-0.05, 0) is 12.0 Å². The summed E-state index contributed by atoms with van der Waals surface area (Å²) in [5.74, 6) is -2.15. The van der Waals surface area contributed by atoms with Crippen LogP contribution in [0.25, 0.3) is 11.3 Å². The summed E-state index contributed by atoms with van der Waals surface area (Å²) in [4.78, 5) is 23.4. The molecule has 1 unspecified atom stereocenters. The van der Waals surface area contributed by atoms with Crippen molar-refractivity contribution in [3.63, 3.8) is 0 Å². The van der Waals surface area contributed by atoms with Gasteiger partial charge in [-0.2, -0.15) is 0 Å². The number of phenolic OH excluding ortho intramolecular Hbond substituents is 2. The number of hydrogen-bond donors (Lipinski definition) is 4. The summed E-state index contributed by atoms with van der Waals surface area (Å²) in [7, 11) is 0. The van der Waals surface area contributed by atoms with Crippen molar-refractivity contribution in [2.45, 2.75) is 19.9 Å². The van der Waals surface area contributed by atoms with Crippen molar-refractivity contribution >= 4 is 17.6 Å². The summed E-state index contributed by atoms with van der Waals surface area (Å²) in [5, 5.41) is 38.6. The lowest BCUT2D eigenvalue weighted by Gasteiger charge is -2.26. The number of carboxylic acids is 1. The van der Waals surface area contributed by atoms with Gasteiger partial charge in [0.15, 0.2) is 5.43 Å². The van der Waals surface area contributed by atoms with Gasteiger partial charge in [0.05, 0.1) is 23.4 Å². The Hall–Kier alpha value is -2.51. The fourth-order valence-corrected chi connectivity index (χ4v) is 2.74. The lowest BCUT2D eigenvalue weighted by molar-refractivity contribution is 0.0693. The molecule has 2 rings (SSSR count). The number of aromatic nitrogens is 1. The van der Waals surface area contributed by atoms with E-state index in [1.165, 1.54) is 10.6 Å².